The predicted octanol–water partition coefficient (Wildman–Crippen LogP) is 1.27. The minimum Gasteiger partial charge on any atom is -0.353 e. The van der Waals surface area contributed by atoms with Gasteiger partial charge in [-0.1, -0.05) is 0 Å². The number of amides is 1. The van der Waals surface area contributed by atoms with E-state index in [1.807, 2.05) is 11.4 Å². The van der Waals surface area contributed by atoms with E-state index < -0.39 is 0 Å². The molecule has 0 saturated carbocycles. The first-order valence-electron chi connectivity index (χ1n) is 4.02. The summed E-state index contributed by atoms with van der Waals surface area (Å²) in [7, 11) is 0. The van der Waals surface area contributed by atoms with Gasteiger partial charge in [-0.15, -0.1) is 11.3 Å². The number of piperazine rings is 1. The molecule has 13 heavy (non-hydrogen) atoms. The van der Waals surface area contributed by atoms with E-state index in [1.54, 1.807) is 11.3 Å². The van der Waals surface area contributed by atoms with Gasteiger partial charge in [0.25, 0.3) is 0 Å². The standard InChI is InChI=1S/C8H9BrN2OS/c9-5-3-6(13-4-5)7-8(12)11-2-1-10-7/h3-4,7,10H,1-2H2,(H,11,12). The maximum absolute atomic E-state index is 11.4. The molecule has 2 rings (SSSR count). The van der Waals surface area contributed by atoms with Crippen molar-refractivity contribution in [2.75, 3.05) is 13.1 Å². The molecule has 5 heteroatoms. The summed E-state index contributed by atoms with van der Waals surface area (Å²) >= 11 is 4.96. The van der Waals surface area contributed by atoms with Crippen LogP contribution in [0.2, 0.25) is 0 Å². The van der Waals surface area contributed by atoms with Crippen molar-refractivity contribution < 1.29 is 4.79 Å². The molecule has 1 atom stereocenters. The van der Waals surface area contributed by atoms with Crippen LogP contribution in [0.3, 0.4) is 0 Å². The average molecular weight is 261 g/mol. The van der Waals surface area contributed by atoms with Gasteiger partial charge < -0.3 is 5.32 Å². The summed E-state index contributed by atoms with van der Waals surface area (Å²) in [4.78, 5) is 12.5. The van der Waals surface area contributed by atoms with E-state index in [0.29, 0.717) is 0 Å². The van der Waals surface area contributed by atoms with Crippen LogP contribution in [0.4, 0.5) is 0 Å². The summed E-state index contributed by atoms with van der Waals surface area (Å²) in [6.45, 7) is 1.56. The second-order valence-electron chi connectivity index (χ2n) is 2.85. The molecule has 1 aliphatic rings. The van der Waals surface area contributed by atoms with Gasteiger partial charge in [0.1, 0.15) is 6.04 Å². The maximum atomic E-state index is 11.4. The van der Waals surface area contributed by atoms with Crippen molar-refractivity contribution >= 4 is 33.2 Å². The van der Waals surface area contributed by atoms with Gasteiger partial charge in [-0.3, -0.25) is 10.1 Å². The lowest BCUT2D eigenvalue weighted by molar-refractivity contribution is -0.124. The number of hydrogen-bond donors (Lipinski definition) is 2. The van der Waals surface area contributed by atoms with Crippen molar-refractivity contribution in [3.05, 3.63) is 20.8 Å². The second kappa shape index (κ2) is 3.77. The van der Waals surface area contributed by atoms with E-state index in [0.717, 1.165) is 22.4 Å². The van der Waals surface area contributed by atoms with Gasteiger partial charge in [0.15, 0.2) is 0 Å². The Balaban J connectivity index is 2.19. The summed E-state index contributed by atoms with van der Waals surface area (Å²) in [5.41, 5.74) is 0. The van der Waals surface area contributed by atoms with E-state index in [1.165, 1.54) is 0 Å². The molecule has 70 valence electrons. The number of nitrogens with one attached hydrogen (secondary N) is 2. The lowest BCUT2D eigenvalue weighted by Crippen LogP contribution is -2.46. The van der Waals surface area contributed by atoms with Crippen LogP contribution in [0.5, 0.6) is 0 Å². The number of thiophene rings is 1. The van der Waals surface area contributed by atoms with Gasteiger partial charge in [0.05, 0.1) is 0 Å². The molecule has 1 aromatic heterocycles. The lowest BCUT2D eigenvalue weighted by atomic mass is 10.2. The third-order valence-corrected chi connectivity index (χ3v) is 3.67. The first-order valence-corrected chi connectivity index (χ1v) is 5.69. The molecule has 0 spiro atoms. The van der Waals surface area contributed by atoms with Crippen LogP contribution >= 0.6 is 27.3 Å². The summed E-state index contributed by atoms with van der Waals surface area (Å²) in [5, 5.41) is 7.99. The molecule has 2 heterocycles. The Morgan fingerprint density at radius 1 is 1.54 bits per heavy atom. The highest BCUT2D eigenvalue weighted by atomic mass is 79.9. The molecule has 3 nitrogen and oxygen atoms in total. The van der Waals surface area contributed by atoms with Crippen LogP contribution in [-0.2, 0) is 4.79 Å². The zero-order valence-electron chi connectivity index (χ0n) is 6.84. The minimum absolute atomic E-state index is 0.0700. The summed E-state index contributed by atoms with van der Waals surface area (Å²) < 4.78 is 1.03. The Bertz CT molecular complexity index is 326. The monoisotopic (exact) mass is 260 g/mol. The van der Waals surface area contributed by atoms with Crippen LogP contribution in [0.25, 0.3) is 0 Å². The average Bonchev–Trinajstić information content (AvgIpc) is 2.53. The first-order chi connectivity index (χ1) is 6.27. The molecule has 1 saturated heterocycles. The van der Waals surface area contributed by atoms with Crippen LogP contribution in [-0.4, -0.2) is 19.0 Å². The fraction of sp³-hybridized carbons (Fsp3) is 0.375. The van der Waals surface area contributed by atoms with Crippen molar-refractivity contribution in [3.63, 3.8) is 0 Å². The summed E-state index contributed by atoms with van der Waals surface area (Å²) in [6.07, 6.45) is 0. The molecule has 1 aliphatic heterocycles. The van der Waals surface area contributed by atoms with Gasteiger partial charge in [-0.2, -0.15) is 0 Å². The quantitative estimate of drug-likeness (QED) is 0.799. The SMILES string of the molecule is O=C1NCCNC1c1cc(Br)cs1. The smallest absolute Gasteiger partial charge is 0.242 e. The van der Waals surface area contributed by atoms with Crippen LogP contribution in [0.1, 0.15) is 10.9 Å². The van der Waals surface area contributed by atoms with E-state index >= 15 is 0 Å². The minimum atomic E-state index is -0.162. The van der Waals surface area contributed by atoms with E-state index in [2.05, 4.69) is 26.6 Å². The van der Waals surface area contributed by atoms with Crippen molar-refractivity contribution in [1.82, 2.24) is 10.6 Å². The Hall–Kier alpha value is -0.390. The number of carbonyl (C=O) groups excluding carboxylic acids is 1. The van der Waals surface area contributed by atoms with Gasteiger partial charge in [-0.25, -0.2) is 0 Å². The highest BCUT2D eigenvalue weighted by Gasteiger charge is 2.24. The third-order valence-electron chi connectivity index (χ3n) is 1.91. The number of carbonyl (C=O) groups is 1. The fourth-order valence-corrected chi connectivity index (χ4v) is 2.82. The first kappa shape index (κ1) is 9.18. The number of hydrogen-bond acceptors (Lipinski definition) is 3. The van der Waals surface area contributed by atoms with E-state index in [-0.39, 0.29) is 11.9 Å². The van der Waals surface area contributed by atoms with Gasteiger partial charge in [-0.05, 0) is 22.0 Å². The zero-order valence-corrected chi connectivity index (χ0v) is 9.24. The van der Waals surface area contributed by atoms with Crippen LogP contribution in [0, 0.1) is 0 Å². The molecule has 0 radical (unpaired) electrons. The number of rotatable bonds is 1. The molecule has 0 bridgehead atoms. The molecule has 0 aromatic carbocycles. The Morgan fingerprint density at radius 2 is 2.38 bits per heavy atom. The van der Waals surface area contributed by atoms with Crippen molar-refractivity contribution in [1.29, 1.82) is 0 Å². The topological polar surface area (TPSA) is 41.1 Å². The van der Waals surface area contributed by atoms with Crippen molar-refractivity contribution in [2.24, 2.45) is 0 Å². The fourth-order valence-electron chi connectivity index (χ4n) is 1.31. The van der Waals surface area contributed by atoms with Crippen molar-refractivity contribution in [3.8, 4) is 0 Å². The molecule has 1 amide bonds. The Kier molecular flexibility index (Phi) is 2.66. The molecule has 1 aromatic rings. The largest absolute Gasteiger partial charge is 0.353 e. The van der Waals surface area contributed by atoms with Crippen LogP contribution in [0.15, 0.2) is 15.9 Å². The van der Waals surface area contributed by atoms with Gasteiger partial charge in [0.2, 0.25) is 5.91 Å². The molecular formula is C8H9BrN2OS. The van der Waals surface area contributed by atoms with E-state index in [4.69, 9.17) is 0 Å². The Morgan fingerprint density at radius 3 is 3.00 bits per heavy atom. The lowest BCUT2D eigenvalue weighted by Gasteiger charge is -2.22. The molecular weight excluding hydrogens is 252 g/mol. The molecule has 1 unspecified atom stereocenters. The molecule has 0 aliphatic carbocycles. The summed E-state index contributed by atoms with van der Waals surface area (Å²) in [5.74, 6) is 0.0700. The highest BCUT2D eigenvalue weighted by molar-refractivity contribution is 9.10. The molecule has 2 N–H and O–H groups in total. The van der Waals surface area contributed by atoms with E-state index in [9.17, 15) is 4.79 Å². The van der Waals surface area contributed by atoms with Crippen molar-refractivity contribution in [2.45, 2.75) is 6.04 Å². The van der Waals surface area contributed by atoms with Gasteiger partial charge >= 0.3 is 0 Å². The predicted molar refractivity (Wildman–Crippen MR) is 55.8 cm³/mol. The molecule has 1 fully saturated rings. The zero-order chi connectivity index (χ0) is 9.26. The maximum Gasteiger partial charge on any atom is 0.242 e. The van der Waals surface area contributed by atoms with Gasteiger partial charge in [0, 0.05) is 27.8 Å². The third kappa shape index (κ3) is 1.92. The van der Waals surface area contributed by atoms with Crippen LogP contribution < -0.4 is 10.6 Å². The summed E-state index contributed by atoms with van der Waals surface area (Å²) in [6, 6.07) is 1.82. The number of halogens is 1. The Labute approximate surface area is 88.7 Å². The normalized spacial score (nSPS) is 22.8. The highest BCUT2D eigenvalue weighted by Crippen LogP contribution is 2.26. The second-order valence-corrected chi connectivity index (χ2v) is 4.70.